The Morgan fingerprint density at radius 3 is 2.14 bits per heavy atom. The molecule has 0 fully saturated rings. The molecule has 1 unspecified atom stereocenters. The molecule has 0 rings (SSSR count). The van der Waals surface area contributed by atoms with E-state index >= 15 is 0 Å². The van der Waals surface area contributed by atoms with Crippen LogP contribution < -0.4 is 5.32 Å². The molecule has 0 aliphatic heterocycles. The molecule has 0 saturated carbocycles. The number of hydrogen-bond acceptors (Lipinski definition) is 6. The van der Waals surface area contributed by atoms with Gasteiger partial charge in [0.15, 0.2) is 0 Å². The van der Waals surface area contributed by atoms with Crippen LogP contribution in [0, 0.1) is 17.2 Å². The molecule has 0 spiro atoms. The lowest BCUT2D eigenvalue weighted by Gasteiger charge is -2.20. The van der Waals surface area contributed by atoms with E-state index in [1.165, 1.54) is 11.1 Å². The zero-order chi connectivity index (χ0) is 16.4. The summed E-state index contributed by atoms with van der Waals surface area (Å²) in [6.45, 7) is 3.15. The SMILES string of the molecule is CC(C)C(NC(=O)/C(C#N)=C\N(CCO)CCO)C(=O)O. The van der Waals surface area contributed by atoms with E-state index in [2.05, 4.69) is 5.32 Å². The number of carbonyl (C=O) groups is 2. The third-order valence-corrected chi connectivity index (χ3v) is 2.67. The van der Waals surface area contributed by atoms with Crippen LogP contribution >= 0.6 is 0 Å². The summed E-state index contributed by atoms with van der Waals surface area (Å²) in [7, 11) is 0. The average molecular weight is 299 g/mol. The van der Waals surface area contributed by atoms with E-state index in [-0.39, 0.29) is 37.8 Å². The smallest absolute Gasteiger partial charge is 0.326 e. The first-order chi connectivity index (χ1) is 9.87. The lowest BCUT2D eigenvalue weighted by atomic mass is 10.0. The van der Waals surface area contributed by atoms with Gasteiger partial charge in [-0.25, -0.2) is 4.79 Å². The number of nitriles is 1. The molecule has 1 amide bonds. The zero-order valence-electron chi connectivity index (χ0n) is 12.1. The van der Waals surface area contributed by atoms with E-state index in [0.29, 0.717) is 0 Å². The standard InChI is InChI=1S/C13H21N3O5/c1-9(2)11(13(20)21)15-12(19)10(7-14)8-16(3-5-17)4-6-18/h8-9,11,17-18H,3-6H2,1-2H3,(H,15,19)(H,20,21)/b10-8-. The minimum absolute atomic E-state index is 0.144. The number of aliphatic hydroxyl groups is 2. The van der Waals surface area contributed by atoms with Crippen LogP contribution in [0.1, 0.15) is 13.8 Å². The van der Waals surface area contributed by atoms with Gasteiger partial charge in [-0.2, -0.15) is 5.26 Å². The Morgan fingerprint density at radius 1 is 1.29 bits per heavy atom. The minimum atomic E-state index is -1.18. The van der Waals surface area contributed by atoms with Gasteiger partial charge in [-0.3, -0.25) is 4.79 Å². The number of carboxylic acid groups (broad SMARTS) is 1. The highest BCUT2D eigenvalue weighted by molar-refractivity contribution is 5.99. The van der Waals surface area contributed by atoms with E-state index in [1.54, 1.807) is 19.9 Å². The molecular weight excluding hydrogens is 278 g/mol. The van der Waals surface area contributed by atoms with Gasteiger partial charge >= 0.3 is 5.97 Å². The maximum atomic E-state index is 11.9. The molecule has 0 aliphatic rings. The molecule has 118 valence electrons. The summed E-state index contributed by atoms with van der Waals surface area (Å²) in [5, 5.41) is 38.0. The van der Waals surface area contributed by atoms with E-state index < -0.39 is 17.9 Å². The first-order valence-electron chi connectivity index (χ1n) is 6.48. The Balaban J connectivity index is 5.04. The number of nitrogens with zero attached hydrogens (tertiary/aromatic N) is 2. The van der Waals surface area contributed by atoms with Gasteiger partial charge in [0, 0.05) is 19.3 Å². The van der Waals surface area contributed by atoms with E-state index in [1.807, 2.05) is 0 Å². The van der Waals surface area contributed by atoms with Crippen LogP contribution in [0.4, 0.5) is 0 Å². The minimum Gasteiger partial charge on any atom is -0.480 e. The van der Waals surface area contributed by atoms with Crippen molar-refractivity contribution in [2.45, 2.75) is 19.9 Å². The summed E-state index contributed by atoms with van der Waals surface area (Å²) in [5.41, 5.74) is -0.288. The van der Waals surface area contributed by atoms with Crippen LogP contribution in [-0.2, 0) is 9.59 Å². The van der Waals surface area contributed by atoms with Crippen molar-refractivity contribution in [1.29, 1.82) is 5.26 Å². The number of carboxylic acids is 1. The van der Waals surface area contributed by atoms with Crippen molar-refractivity contribution in [2.75, 3.05) is 26.3 Å². The first kappa shape index (κ1) is 18.9. The lowest BCUT2D eigenvalue weighted by molar-refractivity contribution is -0.142. The highest BCUT2D eigenvalue weighted by Gasteiger charge is 2.25. The van der Waals surface area contributed by atoms with E-state index in [0.717, 1.165) is 0 Å². The van der Waals surface area contributed by atoms with Crippen LogP contribution in [0.15, 0.2) is 11.8 Å². The quantitative estimate of drug-likeness (QED) is 0.314. The molecular formula is C13H21N3O5. The monoisotopic (exact) mass is 299 g/mol. The number of carbonyl (C=O) groups excluding carboxylic acids is 1. The van der Waals surface area contributed by atoms with Crippen molar-refractivity contribution < 1.29 is 24.9 Å². The number of amides is 1. The summed E-state index contributed by atoms with van der Waals surface area (Å²) in [6, 6.07) is 0.585. The van der Waals surface area contributed by atoms with Crippen LogP contribution in [0.25, 0.3) is 0 Å². The highest BCUT2D eigenvalue weighted by atomic mass is 16.4. The van der Waals surface area contributed by atoms with Crippen molar-refractivity contribution >= 4 is 11.9 Å². The molecule has 0 heterocycles. The molecule has 0 aliphatic carbocycles. The molecule has 0 aromatic heterocycles. The van der Waals surface area contributed by atoms with Crippen molar-refractivity contribution in [2.24, 2.45) is 5.92 Å². The molecule has 0 aromatic rings. The van der Waals surface area contributed by atoms with Gasteiger partial charge in [-0.1, -0.05) is 13.8 Å². The maximum absolute atomic E-state index is 11.9. The van der Waals surface area contributed by atoms with Gasteiger partial charge in [-0.05, 0) is 5.92 Å². The van der Waals surface area contributed by atoms with Crippen LogP contribution in [0.5, 0.6) is 0 Å². The summed E-state index contributed by atoms with van der Waals surface area (Å²) in [5.74, 6) is -2.32. The van der Waals surface area contributed by atoms with Gasteiger partial charge in [0.05, 0.1) is 13.2 Å². The maximum Gasteiger partial charge on any atom is 0.326 e. The summed E-state index contributed by atoms with van der Waals surface area (Å²) in [4.78, 5) is 24.3. The third-order valence-electron chi connectivity index (χ3n) is 2.67. The van der Waals surface area contributed by atoms with E-state index in [9.17, 15) is 9.59 Å². The first-order valence-corrected chi connectivity index (χ1v) is 6.48. The van der Waals surface area contributed by atoms with Crippen LogP contribution in [0.3, 0.4) is 0 Å². The van der Waals surface area contributed by atoms with Gasteiger partial charge in [-0.15, -0.1) is 0 Å². The molecule has 21 heavy (non-hydrogen) atoms. The second kappa shape index (κ2) is 9.74. The van der Waals surface area contributed by atoms with Crippen molar-refractivity contribution in [1.82, 2.24) is 10.2 Å². The lowest BCUT2D eigenvalue weighted by Crippen LogP contribution is -2.45. The van der Waals surface area contributed by atoms with Crippen molar-refractivity contribution in [3.8, 4) is 6.07 Å². The average Bonchev–Trinajstić information content (AvgIpc) is 2.41. The molecule has 1 atom stereocenters. The predicted octanol–water partition coefficient (Wildman–Crippen LogP) is -1.09. The largest absolute Gasteiger partial charge is 0.480 e. The number of rotatable bonds is 9. The van der Waals surface area contributed by atoms with Crippen molar-refractivity contribution in [3.05, 3.63) is 11.8 Å². The summed E-state index contributed by atoms with van der Waals surface area (Å²) in [6.07, 6.45) is 1.20. The topological polar surface area (TPSA) is 134 Å². The van der Waals surface area contributed by atoms with Crippen molar-refractivity contribution in [3.63, 3.8) is 0 Å². The Kier molecular flexibility index (Phi) is 8.76. The number of aliphatic carboxylic acids is 1. The second-order valence-corrected chi connectivity index (χ2v) is 4.67. The van der Waals surface area contributed by atoms with Gasteiger partial charge in [0.25, 0.3) is 5.91 Å². The summed E-state index contributed by atoms with van der Waals surface area (Å²) >= 11 is 0. The molecule has 0 aromatic carbocycles. The fourth-order valence-electron chi connectivity index (χ4n) is 1.55. The number of aliphatic hydroxyl groups excluding tert-OH is 2. The van der Waals surface area contributed by atoms with Crippen LogP contribution in [0.2, 0.25) is 0 Å². The fraction of sp³-hybridized carbons (Fsp3) is 0.615. The fourth-order valence-corrected chi connectivity index (χ4v) is 1.55. The van der Waals surface area contributed by atoms with Gasteiger partial charge < -0.3 is 25.5 Å². The Labute approximate surface area is 123 Å². The normalized spacial score (nSPS) is 12.7. The van der Waals surface area contributed by atoms with Gasteiger partial charge in [0.1, 0.15) is 17.7 Å². The summed E-state index contributed by atoms with van der Waals surface area (Å²) < 4.78 is 0. The molecule has 8 heteroatoms. The number of nitrogens with one attached hydrogen (secondary N) is 1. The zero-order valence-corrected chi connectivity index (χ0v) is 12.1. The third kappa shape index (κ3) is 6.74. The predicted molar refractivity (Wildman–Crippen MR) is 73.8 cm³/mol. The number of hydrogen-bond donors (Lipinski definition) is 4. The van der Waals surface area contributed by atoms with Crippen LogP contribution in [-0.4, -0.2) is 64.4 Å². The Hall–Kier alpha value is -2.11. The molecule has 0 saturated heterocycles. The molecule has 8 nitrogen and oxygen atoms in total. The highest BCUT2D eigenvalue weighted by Crippen LogP contribution is 2.05. The molecule has 0 bridgehead atoms. The molecule has 4 N–H and O–H groups in total. The Morgan fingerprint density at radius 2 is 1.81 bits per heavy atom. The Bertz CT molecular complexity index is 422. The second-order valence-electron chi connectivity index (χ2n) is 4.67. The van der Waals surface area contributed by atoms with E-state index in [4.69, 9.17) is 20.6 Å². The van der Waals surface area contributed by atoms with Gasteiger partial charge in [0.2, 0.25) is 0 Å². The molecule has 0 radical (unpaired) electrons.